The van der Waals surface area contributed by atoms with Crippen LogP contribution in [0.3, 0.4) is 0 Å². The fourth-order valence-corrected chi connectivity index (χ4v) is 2.63. The van der Waals surface area contributed by atoms with Gasteiger partial charge in [-0.1, -0.05) is 30.3 Å². The lowest BCUT2D eigenvalue weighted by Gasteiger charge is -2.07. The Bertz CT molecular complexity index is 675. The van der Waals surface area contributed by atoms with Crippen LogP contribution < -0.4 is 10.6 Å². The fourth-order valence-electron chi connectivity index (χ4n) is 1.82. The molecule has 126 valence electrons. The first kappa shape index (κ1) is 18.0. The van der Waals surface area contributed by atoms with Gasteiger partial charge in [-0.3, -0.25) is 9.59 Å². The van der Waals surface area contributed by atoms with Gasteiger partial charge in [-0.2, -0.15) is 0 Å². The highest BCUT2D eigenvalue weighted by Crippen LogP contribution is 2.09. The molecule has 2 N–H and O–H groups in total. The predicted octanol–water partition coefficient (Wildman–Crippen LogP) is 2.52. The number of nitrogens with zero attached hydrogens (tertiary/aromatic N) is 1. The van der Waals surface area contributed by atoms with E-state index in [1.807, 2.05) is 30.3 Å². The van der Waals surface area contributed by atoms with E-state index in [1.54, 1.807) is 11.6 Å². The summed E-state index contributed by atoms with van der Waals surface area (Å²) in [5.74, 6) is -0.746. The van der Waals surface area contributed by atoms with Gasteiger partial charge in [0, 0.05) is 24.4 Å². The molecular weight excluding hydrogens is 346 g/mol. The van der Waals surface area contributed by atoms with Crippen molar-refractivity contribution in [2.24, 2.45) is 0 Å². The number of hydrogen-bond donors (Lipinski definition) is 2. The van der Waals surface area contributed by atoms with E-state index in [1.165, 1.54) is 11.3 Å². The predicted molar refractivity (Wildman–Crippen MR) is 96.8 cm³/mol. The zero-order valence-corrected chi connectivity index (χ0v) is 14.5. The number of anilines is 1. The number of rotatable bonds is 7. The molecule has 1 aromatic heterocycles. The average molecular weight is 363 g/mol. The summed E-state index contributed by atoms with van der Waals surface area (Å²) in [5, 5.41) is 7.83. The largest absolute Gasteiger partial charge is 0.465 e. The molecule has 1 amide bonds. The van der Waals surface area contributed by atoms with Crippen molar-refractivity contribution in [3.8, 4) is 0 Å². The minimum Gasteiger partial charge on any atom is -0.465 e. The summed E-state index contributed by atoms with van der Waals surface area (Å²) >= 11 is 6.36. The first-order valence-corrected chi connectivity index (χ1v) is 8.62. The monoisotopic (exact) mass is 363 g/mol. The molecule has 0 aliphatic heterocycles. The van der Waals surface area contributed by atoms with E-state index in [0.29, 0.717) is 18.2 Å². The number of esters is 1. The lowest BCUT2D eigenvalue weighted by molar-refractivity contribution is -0.144. The average Bonchev–Trinajstić information content (AvgIpc) is 3.06. The number of aromatic nitrogens is 1. The van der Waals surface area contributed by atoms with E-state index >= 15 is 0 Å². The molecule has 6 nitrogen and oxygen atoms in total. The van der Waals surface area contributed by atoms with Gasteiger partial charge in [0.05, 0.1) is 13.0 Å². The molecule has 0 unspecified atom stereocenters. The molecular formula is C16H17N3O3S2. The summed E-state index contributed by atoms with van der Waals surface area (Å²) in [7, 11) is 0. The van der Waals surface area contributed by atoms with Crippen LogP contribution in [-0.2, 0) is 20.7 Å². The van der Waals surface area contributed by atoms with E-state index in [9.17, 15) is 9.59 Å². The van der Waals surface area contributed by atoms with Crippen LogP contribution in [0.4, 0.5) is 5.13 Å². The van der Waals surface area contributed by atoms with Gasteiger partial charge in [0.25, 0.3) is 0 Å². The Labute approximate surface area is 149 Å². The van der Waals surface area contributed by atoms with Gasteiger partial charge in [-0.05, 0) is 17.8 Å². The second kappa shape index (κ2) is 9.74. The first-order chi connectivity index (χ1) is 11.6. The highest BCUT2D eigenvalue weighted by atomic mass is 32.1. The lowest BCUT2D eigenvalue weighted by Crippen LogP contribution is -2.34. The van der Waals surface area contributed by atoms with Gasteiger partial charge >= 0.3 is 5.97 Å². The van der Waals surface area contributed by atoms with Crippen molar-refractivity contribution in [3.63, 3.8) is 0 Å². The number of thiazole rings is 1. The fraction of sp³-hybridized carbons (Fsp3) is 0.250. The smallest absolute Gasteiger partial charge is 0.306 e. The van der Waals surface area contributed by atoms with E-state index < -0.39 is 5.97 Å². The van der Waals surface area contributed by atoms with Gasteiger partial charge in [0.15, 0.2) is 10.2 Å². The lowest BCUT2D eigenvalue weighted by atomic mass is 10.2. The summed E-state index contributed by atoms with van der Waals surface area (Å²) in [6, 6.07) is 9.74. The van der Waals surface area contributed by atoms with Crippen LogP contribution in [0.15, 0.2) is 41.9 Å². The van der Waals surface area contributed by atoms with Crippen molar-refractivity contribution < 1.29 is 14.3 Å². The normalized spacial score (nSPS) is 10.0. The SMILES string of the molecule is O=C(CCC(=O)OCCc1ccccc1)NC(=S)Nc1nccs1. The Balaban J connectivity index is 1.59. The van der Waals surface area contributed by atoms with Crippen LogP contribution in [0.1, 0.15) is 18.4 Å². The first-order valence-electron chi connectivity index (χ1n) is 7.33. The molecule has 0 radical (unpaired) electrons. The van der Waals surface area contributed by atoms with E-state index in [0.717, 1.165) is 5.56 Å². The van der Waals surface area contributed by atoms with Crippen molar-refractivity contribution >= 4 is 45.7 Å². The van der Waals surface area contributed by atoms with Crippen LogP contribution in [0.2, 0.25) is 0 Å². The summed E-state index contributed by atoms with van der Waals surface area (Å²) in [5.41, 5.74) is 1.10. The molecule has 0 atom stereocenters. The van der Waals surface area contributed by atoms with E-state index in [2.05, 4.69) is 15.6 Å². The zero-order chi connectivity index (χ0) is 17.2. The van der Waals surface area contributed by atoms with Crippen molar-refractivity contribution in [2.75, 3.05) is 11.9 Å². The number of amides is 1. The Morgan fingerprint density at radius 2 is 2.00 bits per heavy atom. The number of benzene rings is 1. The maximum Gasteiger partial charge on any atom is 0.306 e. The van der Waals surface area contributed by atoms with Crippen molar-refractivity contribution in [1.82, 2.24) is 10.3 Å². The highest BCUT2D eigenvalue weighted by Gasteiger charge is 2.10. The second-order valence-corrected chi connectivity index (χ2v) is 6.10. The Hall–Kier alpha value is -2.32. The van der Waals surface area contributed by atoms with Gasteiger partial charge < -0.3 is 15.4 Å². The summed E-state index contributed by atoms with van der Waals surface area (Å²) in [6.45, 7) is 0.300. The van der Waals surface area contributed by atoms with Gasteiger partial charge in [-0.15, -0.1) is 11.3 Å². The molecule has 1 aromatic carbocycles. The van der Waals surface area contributed by atoms with Gasteiger partial charge in [-0.25, -0.2) is 4.98 Å². The Morgan fingerprint density at radius 1 is 1.21 bits per heavy atom. The third-order valence-corrected chi connectivity index (χ3v) is 3.85. The van der Waals surface area contributed by atoms with Crippen LogP contribution in [0.5, 0.6) is 0 Å². The van der Waals surface area contributed by atoms with E-state index in [-0.39, 0.29) is 23.9 Å². The van der Waals surface area contributed by atoms with Crippen molar-refractivity contribution in [2.45, 2.75) is 19.3 Å². The highest BCUT2D eigenvalue weighted by molar-refractivity contribution is 7.80. The Morgan fingerprint density at radius 3 is 2.71 bits per heavy atom. The Kier molecular flexibility index (Phi) is 7.31. The number of nitrogens with one attached hydrogen (secondary N) is 2. The van der Waals surface area contributed by atoms with Crippen LogP contribution in [0, 0.1) is 0 Å². The zero-order valence-electron chi connectivity index (χ0n) is 12.9. The molecule has 0 aliphatic rings. The summed E-state index contributed by atoms with van der Waals surface area (Å²) in [6.07, 6.45) is 2.31. The molecule has 0 saturated heterocycles. The number of carbonyl (C=O) groups is 2. The topological polar surface area (TPSA) is 80.3 Å². The summed E-state index contributed by atoms with van der Waals surface area (Å²) in [4.78, 5) is 27.3. The third kappa shape index (κ3) is 6.84. The minimum atomic E-state index is -0.403. The van der Waals surface area contributed by atoms with Gasteiger partial charge in [0.1, 0.15) is 0 Å². The molecule has 0 spiro atoms. The second-order valence-electron chi connectivity index (χ2n) is 4.80. The molecule has 24 heavy (non-hydrogen) atoms. The molecule has 0 saturated carbocycles. The summed E-state index contributed by atoms with van der Waals surface area (Å²) < 4.78 is 5.11. The van der Waals surface area contributed by atoms with Crippen LogP contribution in [0.25, 0.3) is 0 Å². The van der Waals surface area contributed by atoms with E-state index in [4.69, 9.17) is 17.0 Å². The van der Waals surface area contributed by atoms with Gasteiger partial charge in [0.2, 0.25) is 5.91 Å². The minimum absolute atomic E-state index is 0.0144. The van der Waals surface area contributed by atoms with Crippen LogP contribution in [-0.4, -0.2) is 28.6 Å². The van der Waals surface area contributed by atoms with Crippen molar-refractivity contribution in [1.29, 1.82) is 0 Å². The molecule has 0 aliphatic carbocycles. The quantitative estimate of drug-likeness (QED) is 0.581. The molecule has 2 aromatic rings. The molecule has 0 fully saturated rings. The number of ether oxygens (including phenoxy) is 1. The standard InChI is InChI=1S/C16H17N3O3S2/c20-13(18-15(23)19-16-17-9-11-24-16)6-7-14(21)22-10-8-12-4-2-1-3-5-12/h1-5,9,11H,6-8,10H2,(H2,17,18,19,20,23). The molecule has 8 heteroatoms. The molecule has 0 bridgehead atoms. The van der Waals surface area contributed by atoms with Crippen molar-refractivity contribution in [3.05, 3.63) is 47.5 Å². The number of hydrogen-bond acceptors (Lipinski definition) is 6. The maximum absolute atomic E-state index is 11.7. The van der Waals surface area contributed by atoms with Crippen LogP contribution >= 0.6 is 23.6 Å². The maximum atomic E-state index is 11.7. The number of carbonyl (C=O) groups excluding carboxylic acids is 2. The molecule has 1 heterocycles. The third-order valence-electron chi connectivity index (χ3n) is 2.96. The number of thiocarbonyl (C=S) groups is 1. The molecule has 2 rings (SSSR count).